The van der Waals surface area contributed by atoms with Crippen LogP contribution in [-0.4, -0.2) is 38.3 Å². The van der Waals surface area contributed by atoms with Gasteiger partial charge in [-0.15, -0.1) is 11.3 Å². The number of esters is 1. The zero-order valence-electron chi connectivity index (χ0n) is 16.2. The van der Waals surface area contributed by atoms with Crippen molar-refractivity contribution < 1.29 is 23.8 Å². The van der Waals surface area contributed by atoms with Crippen LogP contribution in [0, 0.1) is 0 Å². The third kappa shape index (κ3) is 4.54. The Labute approximate surface area is 168 Å². The van der Waals surface area contributed by atoms with E-state index < -0.39 is 0 Å². The molecule has 28 heavy (non-hydrogen) atoms. The summed E-state index contributed by atoms with van der Waals surface area (Å²) < 4.78 is 16.2. The largest absolute Gasteiger partial charge is 0.490 e. The first-order valence-electron chi connectivity index (χ1n) is 9.58. The minimum atomic E-state index is -0.376. The lowest BCUT2D eigenvalue weighted by Gasteiger charge is -2.12. The molecule has 2 aromatic rings. The van der Waals surface area contributed by atoms with Gasteiger partial charge in [-0.3, -0.25) is 4.79 Å². The summed E-state index contributed by atoms with van der Waals surface area (Å²) in [5, 5.41) is 3.46. The minimum absolute atomic E-state index is 0.299. The van der Waals surface area contributed by atoms with Crippen LogP contribution in [0.25, 0.3) is 0 Å². The number of fused-ring (bicyclic) bond motifs is 1. The van der Waals surface area contributed by atoms with Crippen LogP contribution in [0.4, 0.5) is 5.00 Å². The molecule has 0 bridgehead atoms. The summed E-state index contributed by atoms with van der Waals surface area (Å²) in [4.78, 5) is 26.5. The number of carbonyl (C=O) groups excluding carboxylic acids is 2. The summed E-state index contributed by atoms with van der Waals surface area (Å²) in [6, 6.07) is 7.06. The molecule has 0 saturated heterocycles. The summed E-state index contributed by atoms with van der Waals surface area (Å²) in [6.07, 6.45) is 2.80. The smallest absolute Gasteiger partial charge is 0.341 e. The van der Waals surface area contributed by atoms with Crippen molar-refractivity contribution in [2.24, 2.45) is 0 Å². The zero-order chi connectivity index (χ0) is 19.9. The Hall–Kier alpha value is -2.38. The molecule has 1 N–H and O–H groups in total. The van der Waals surface area contributed by atoms with Gasteiger partial charge in [0.25, 0.3) is 5.91 Å². The van der Waals surface area contributed by atoms with E-state index in [-0.39, 0.29) is 11.9 Å². The Bertz CT molecular complexity index is 845. The van der Waals surface area contributed by atoms with Crippen molar-refractivity contribution >= 4 is 28.2 Å². The summed E-state index contributed by atoms with van der Waals surface area (Å²) in [5.74, 6) is -0.197. The molecule has 0 spiro atoms. The number of thiophene rings is 1. The highest BCUT2D eigenvalue weighted by Gasteiger charge is 2.28. The fourth-order valence-electron chi connectivity index (χ4n) is 3.22. The zero-order valence-corrected chi connectivity index (χ0v) is 17.0. The van der Waals surface area contributed by atoms with Crippen molar-refractivity contribution in [1.82, 2.24) is 0 Å². The number of benzene rings is 1. The van der Waals surface area contributed by atoms with E-state index in [1.54, 1.807) is 25.1 Å². The SMILES string of the molecule is CCOCCOc1ccccc1C(=O)Nc1sc2c(c1C(=O)OCC)CCC2. The van der Waals surface area contributed by atoms with Gasteiger partial charge >= 0.3 is 5.97 Å². The molecule has 1 heterocycles. The van der Waals surface area contributed by atoms with E-state index in [0.717, 1.165) is 29.7 Å². The second kappa shape index (κ2) is 9.71. The van der Waals surface area contributed by atoms with Crippen molar-refractivity contribution in [1.29, 1.82) is 0 Å². The molecular formula is C21H25NO5S. The first-order chi connectivity index (χ1) is 13.7. The van der Waals surface area contributed by atoms with Crippen LogP contribution < -0.4 is 10.1 Å². The van der Waals surface area contributed by atoms with Crippen LogP contribution in [0.15, 0.2) is 24.3 Å². The molecule has 0 radical (unpaired) electrons. The Morgan fingerprint density at radius 1 is 1.11 bits per heavy atom. The predicted molar refractivity (Wildman–Crippen MR) is 109 cm³/mol. The number of carbonyl (C=O) groups is 2. The quantitative estimate of drug-likeness (QED) is 0.504. The van der Waals surface area contributed by atoms with Gasteiger partial charge in [-0.25, -0.2) is 4.79 Å². The van der Waals surface area contributed by atoms with E-state index in [9.17, 15) is 9.59 Å². The van der Waals surface area contributed by atoms with E-state index in [0.29, 0.717) is 48.3 Å². The molecule has 1 aliphatic carbocycles. The van der Waals surface area contributed by atoms with Gasteiger partial charge in [-0.2, -0.15) is 0 Å². The summed E-state index contributed by atoms with van der Waals surface area (Å²) in [5.41, 5.74) is 1.94. The maximum atomic E-state index is 12.9. The minimum Gasteiger partial charge on any atom is -0.490 e. The summed E-state index contributed by atoms with van der Waals surface area (Å²) in [7, 11) is 0. The van der Waals surface area contributed by atoms with Crippen LogP contribution in [0.5, 0.6) is 5.75 Å². The highest BCUT2D eigenvalue weighted by Crippen LogP contribution is 2.40. The highest BCUT2D eigenvalue weighted by atomic mass is 32.1. The van der Waals surface area contributed by atoms with Crippen molar-refractivity contribution in [2.45, 2.75) is 33.1 Å². The van der Waals surface area contributed by atoms with Gasteiger partial charge in [0.1, 0.15) is 17.4 Å². The van der Waals surface area contributed by atoms with Crippen LogP contribution in [0.1, 0.15) is 51.4 Å². The number of hydrogen-bond acceptors (Lipinski definition) is 6. The summed E-state index contributed by atoms with van der Waals surface area (Å²) in [6.45, 7) is 5.43. The number of aryl methyl sites for hydroxylation is 1. The maximum Gasteiger partial charge on any atom is 0.341 e. The lowest BCUT2D eigenvalue weighted by atomic mass is 10.1. The molecule has 6 nitrogen and oxygen atoms in total. The highest BCUT2D eigenvalue weighted by molar-refractivity contribution is 7.17. The summed E-state index contributed by atoms with van der Waals surface area (Å²) >= 11 is 1.46. The van der Waals surface area contributed by atoms with Crippen molar-refractivity contribution in [3.05, 3.63) is 45.8 Å². The molecular weight excluding hydrogens is 378 g/mol. The molecule has 3 rings (SSSR count). The standard InChI is InChI=1S/C21H25NO5S/c1-3-25-12-13-27-16-10-6-5-8-14(16)19(23)22-20-18(21(24)26-4-2)15-9-7-11-17(15)28-20/h5-6,8,10H,3-4,7,9,11-13H2,1-2H3,(H,22,23). The number of anilines is 1. The Kier molecular flexibility index (Phi) is 7.06. The molecule has 7 heteroatoms. The molecule has 0 unspecified atom stereocenters. The molecule has 0 atom stereocenters. The topological polar surface area (TPSA) is 73.9 Å². The van der Waals surface area contributed by atoms with Gasteiger partial charge in [0.05, 0.1) is 24.3 Å². The fraction of sp³-hybridized carbons (Fsp3) is 0.429. The Morgan fingerprint density at radius 3 is 2.71 bits per heavy atom. The maximum absolute atomic E-state index is 12.9. The van der Waals surface area contributed by atoms with Gasteiger partial charge in [-0.1, -0.05) is 12.1 Å². The number of hydrogen-bond donors (Lipinski definition) is 1. The average molecular weight is 404 g/mol. The monoisotopic (exact) mass is 403 g/mol. The van der Waals surface area contributed by atoms with Gasteiger partial charge in [0.2, 0.25) is 0 Å². The molecule has 0 aliphatic heterocycles. The molecule has 0 fully saturated rings. The van der Waals surface area contributed by atoms with Crippen LogP contribution in [0.2, 0.25) is 0 Å². The van der Waals surface area contributed by atoms with Crippen molar-refractivity contribution in [3.63, 3.8) is 0 Å². The molecule has 1 aliphatic rings. The van der Waals surface area contributed by atoms with Crippen molar-refractivity contribution in [2.75, 3.05) is 31.7 Å². The van der Waals surface area contributed by atoms with Gasteiger partial charge < -0.3 is 19.5 Å². The number of para-hydroxylation sites is 1. The fourth-order valence-corrected chi connectivity index (χ4v) is 4.49. The van der Waals surface area contributed by atoms with Gasteiger partial charge in [0.15, 0.2) is 0 Å². The number of amides is 1. The van der Waals surface area contributed by atoms with E-state index in [1.165, 1.54) is 11.3 Å². The second-order valence-corrected chi connectivity index (χ2v) is 7.38. The van der Waals surface area contributed by atoms with Crippen LogP contribution >= 0.6 is 11.3 Å². The van der Waals surface area contributed by atoms with Gasteiger partial charge in [0, 0.05) is 11.5 Å². The second-order valence-electron chi connectivity index (χ2n) is 6.28. The lowest BCUT2D eigenvalue weighted by Crippen LogP contribution is -2.17. The van der Waals surface area contributed by atoms with E-state index in [2.05, 4.69) is 5.32 Å². The number of ether oxygens (including phenoxy) is 3. The van der Waals surface area contributed by atoms with Crippen molar-refractivity contribution in [3.8, 4) is 5.75 Å². The predicted octanol–water partition coefficient (Wildman–Crippen LogP) is 4.08. The van der Waals surface area contributed by atoms with Crippen LogP contribution in [-0.2, 0) is 22.3 Å². The van der Waals surface area contributed by atoms with Crippen LogP contribution in [0.3, 0.4) is 0 Å². The molecule has 1 aromatic heterocycles. The first kappa shape index (κ1) is 20.4. The molecule has 1 aromatic carbocycles. The number of rotatable bonds is 9. The third-order valence-electron chi connectivity index (χ3n) is 4.45. The Morgan fingerprint density at radius 2 is 1.93 bits per heavy atom. The average Bonchev–Trinajstić information content (AvgIpc) is 3.26. The van der Waals surface area contributed by atoms with E-state index >= 15 is 0 Å². The normalized spacial score (nSPS) is 12.5. The third-order valence-corrected chi connectivity index (χ3v) is 5.66. The Balaban J connectivity index is 1.80. The first-order valence-corrected chi connectivity index (χ1v) is 10.4. The van der Waals surface area contributed by atoms with E-state index in [1.807, 2.05) is 13.0 Å². The van der Waals surface area contributed by atoms with E-state index in [4.69, 9.17) is 14.2 Å². The number of nitrogens with one attached hydrogen (secondary N) is 1. The molecule has 0 saturated carbocycles. The lowest BCUT2D eigenvalue weighted by molar-refractivity contribution is 0.0527. The van der Waals surface area contributed by atoms with Gasteiger partial charge in [-0.05, 0) is 50.8 Å². The molecule has 150 valence electrons. The molecule has 1 amide bonds.